The minimum Gasteiger partial charge on any atom is -0.481 e. The molecule has 138 valence electrons. The second-order valence-corrected chi connectivity index (χ2v) is 7.17. The van der Waals surface area contributed by atoms with Gasteiger partial charge in [0.25, 0.3) is 5.91 Å². The third-order valence-corrected chi connectivity index (χ3v) is 5.31. The molecule has 4 rings (SSSR count). The Bertz CT molecular complexity index is 958. The summed E-state index contributed by atoms with van der Waals surface area (Å²) in [6.45, 7) is 1.98. The van der Waals surface area contributed by atoms with E-state index in [1.165, 1.54) is 24.0 Å². The third kappa shape index (κ3) is 3.82. The van der Waals surface area contributed by atoms with Crippen LogP contribution in [0.25, 0.3) is 10.8 Å². The molecular formula is C24H25NO2. The van der Waals surface area contributed by atoms with Crippen molar-refractivity contribution in [3.63, 3.8) is 0 Å². The number of carbonyl (C=O) groups is 1. The summed E-state index contributed by atoms with van der Waals surface area (Å²) in [5.41, 5.74) is 3.61. The van der Waals surface area contributed by atoms with Gasteiger partial charge in [0.05, 0.1) is 0 Å². The van der Waals surface area contributed by atoms with E-state index < -0.39 is 6.10 Å². The summed E-state index contributed by atoms with van der Waals surface area (Å²) < 4.78 is 6.06. The van der Waals surface area contributed by atoms with Crippen molar-refractivity contribution in [3.05, 3.63) is 71.8 Å². The summed E-state index contributed by atoms with van der Waals surface area (Å²) in [4.78, 5) is 12.8. The van der Waals surface area contributed by atoms with Crippen LogP contribution in [-0.2, 0) is 17.6 Å². The zero-order valence-corrected chi connectivity index (χ0v) is 15.7. The van der Waals surface area contributed by atoms with Gasteiger partial charge in [0, 0.05) is 11.1 Å². The van der Waals surface area contributed by atoms with Crippen LogP contribution < -0.4 is 10.1 Å². The Morgan fingerprint density at radius 2 is 1.78 bits per heavy atom. The van der Waals surface area contributed by atoms with Gasteiger partial charge in [0.1, 0.15) is 5.75 Å². The minimum absolute atomic E-state index is 0.105. The van der Waals surface area contributed by atoms with Crippen LogP contribution in [0.4, 0.5) is 5.69 Å². The van der Waals surface area contributed by atoms with E-state index in [2.05, 4.69) is 17.4 Å². The maximum Gasteiger partial charge on any atom is 0.265 e. The Morgan fingerprint density at radius 1 is 1.00 bits per heavy atom. The highest BCUT2D eigenvalue weighted by atomic mass is 16.5. The van der Waals surface area contributed by atoms with Crippen molar-refractivity contribution in [3.8, 4) is 5.75 Å². The zero-order chi connectivity index (χ0) is 18.6. The highest BCUT2D eigenvalue weighted by Crippen LogP contribution is 2.27. The quantitative estimate of drug-likeness (QED) is 0.652. The molecule has 3 nitrogen and oxygen atoms in total. The minimum atomic E-state index is -0.509. The molecule has 0 aliphatic heterocycles. The molecule has 0 unspecified atom stereocenters. The van der Waals surface area contributed by atoms with E-state index in [0.717, 1.165) is 35.1 Å². The second kappa shape index (κ2) is 7.83. The van der Waals surface area contributed by atoms with Crippen LogP contribution >= 0.6 is 0 Å². The van der Waals surface area contributed by atoms with E-state index in [1.807, 2.05) is 55.5 Å². The Hall–Kier alpha value is -2.81. The fourth-order valence-corrected chi connectivity index (χ4v) is 3.82. The first-order chi connectivity index (χ1) is 13.2. The van der Waals surface area contributed by atoms with Gasteiger partial charge in [-0.05, 0) is 66.8 Å². The molecule has 27 heavy (non-hydrogen) atoms. The van der Waals surface area contributed by atoms with Crippen LogP contribution in [0.3, 0.4) is 0 Å². The van der Waals surface area contributed by atoms with Crippen molar-refractivity contribution < 1.29 is 9.53 Å². The number of aryl methyl sites for hydroxylation is 2. The first-order valence-corrected chi connectivity index (χ1v) is 9.81. The van der Waals surface area contributed by atoms with Crippen LogP contribution in [0, 0.1) is 0 Å². The number of hydrogen-bond acceptors (Lipinski definition) is 2. The molecule has 1 amide bonds. The summed E-state index contributed by atoms with van der Waals surface area (Å²) >= 11 is 0. The van der Waals surface area contributed by atoms with Crippen LogP contribution in [-0.4, -0.2) is 12.0 Å². The third-order valence-electron chi connectivity index (χ3n) is 5.31. The lowest BCUT2D eigenvalue weighted by molar-refractivity contribution is -0.122. The van der Waals surface area contributed by atoms with Crippen molar-refractivity contribution >= 4 is 22.4 Å². The molecule has 3 heteroatoms. The highest BCUT2D eigenvalue weighted by molar-refractivity contribution is 6.03. The van der Waals surface area contributed by atoms with Crippen molar-refractivity contribution in [2.75, 3.05) is 5.32 Å². The summed E-state index contributed by atoms with van der Waals surface area (Å²) in [5, 5.41) is 5.20. The molecule has 1 aliphatic rings. The SMILES string of the molecule is CC[C@H](Oc1ccc2c(c1)CCCC2)C(=O)Nc1cccc2ccccc12. The number of anilines is 1. The molecule has 0 saturated heterocycles. The predicted molar refractivity (Wildman–Crippen MR) is 110 cm³/mol. The van der Waals surface area contributed by atoms with Crippen molar-refractivity contribution in [1.29, 1.82) is 0 Å². The van der Waals surface area contributed by atoms with Gasteiger partial charge in [-0.25, -0.2) is 0 Å². The number of fused-ring (bicyclic) bond motifs is 2. The molecule has 1 aliphatic carbocycles. The van der Waals surface area contributed by atoms with Gasteiger partial charge < -0.3 is 10.1 Å². The topological polar surface area (TPSA) is 38.3 Å². The molecular weight excluding hydrogens is 334 g/mol. The van der Waals surface area contributed by atoms with Gasteiger partial charge in [0.2, 0.25) is 0 Å². The van der Waals surface area contributed by atoms with Crippen molar-refractivity contribution in [2.45, 2.75) is 45.1 Å². The molecule has 0 fully saturated rings. The first-order valence-electron chi connectivity index (χ1n) is 9.81. The number of amides is 1. The first kappa shape index (κ1) is 17.6. The molecule has 0 heterocycles. The van der Waals surface area contributed by atoms with Gasteiger partial charge >= 0.3 is 0 Å². The van der Waals surface area contributed by atoms with Gasteiger partial charge in [-0.1, -0.05) is 49.4 Å². The zero-order valence-electron chi connectivity index (χ0n) is 15.7. The molecule has 0 spiro atoms. The lowest BCUT2D eigenvalue weighted by Gasteiger charge is -2.21. The van der Waals surface area contributed by atoms with Crippen molar-refractivity contribution in [1.82, 2.24) is 0 Å². The average molecular weight is 359 g/mol. The van der Waals surface area contributed by atoms with Crippen LogP contribution in [0.1, 0.15) is 37.3 Å². The summed E-state index contributed by atoms with van der Waals surface area (Å²) in [7, 11) is 0. The van der Waals surface area contributed by atoms with E-state index in [0.29, 0.717) is 6.42 Å². The summed E-state index contributed by atoms with van der Waals surface area (Å²) in [6, 6.07) is 20.3. The van der Waals surface area contributed by atoms with Gasteiger partial charge in [-0.3, -0.25) is 4.79 Å². The van der Waals surface area contributed by atoms with E-state index in [9.17, 15) is 4.79 Å². The van der Waals surface area contributed by atoms with E-state index in [4.69, 9.17) is 4.74 Å². The highest BCUT2D eigenvalue weighted by Gasteiger charge is 2.20. The largest absolute Gasteiger partial charge is 0.481 e. The Labute approximate surface area is 160 Å². The summed E-state index contributed by atoms with van der Waals surface area (Å²) in [6.07, 6.45) is 4.85. The Balaban J connectivity index is 1.51. The van der Waals surface area contributed by atoms with Gasteiger partial charge in [-0.2, -0.15) is 0 Å². The van der Waals surface area contributed by atoms with Crippen LogP contribution in [0.5, 0.6) is 5.75 Å². The maximum absolute atomic E-state index is 12.8. The number of ether oxygens (including phenoxy) is 1. The molecule has 3 aromatic carbocycles. The van der Waals surface area contributed by atoms with E-state index in [-0.39, 0.29) is 5.91 Å². The van der Waals surface area contributed by atoms with Gasteiger partial charge in [0.15, 0.2) is 6.10 Å². The monoisotopic (exact) mass is 359 g/mol. The average Bonchev–Trinajstić information content (AvgIpc) is 2.72. The number of carbonyl (C=O) groups excluding carboxylic acids is 1. The molecule has 0 radical (unpaired) electrons. The Morgan fingerprint density at radius 3 is 2.63 bits per heavy atom. The predicted octanol–water partition coefficient (Wildman–Crippen LogP) is 5.51. The lowest BCUT2D eigenvalue weighted by Crippen LogP contribution is -2.32. The molecule has 0 saturated carbocycles. The number of benzene rings is 3. The number of hydrogen-bond donors (Lipinski definition) is 1. The number of rotatable bonds is 5. The van der Waals surface area contributed by atoms with E-state index >= 15 is 0 Å². The van der Waals surface area contributed by atoms with Crippen molar-refractivity contribution in [2.24, 2.45) is 0 Å². The number of nitrogens with one attached hydrogen (secondary N) is 1. The lowest BCUT2D eigenvalue weighted by atomic mass is 9.92. The smallest absolute Gasteiger partial charge is 0.265 e. The van der Waals surface area contributed by atoms with E-state index in [1.54, 1.807) is 0 Å². The summed E-state index contributed by atoms with van der Waals surface area (Å²) in [5.74, 6) is 0.683. The van der Waals surface area contributed by atoms with Gasteiger partial charge in [-0.15, -0.1) is 0 Å². The Kier molecular flexibility index (Phi) is 5.10. The molecule has 1 atom stereocenters. The normalized spacial score (nSPS) is 14.4. The molecule has 0 aromatic heterocycles. The standard InChI is InChI=1S/C24H25NO2/c1-2-23(27-20-15-14-17-8-3-4-10-19(17)16-20)24(26)25-22-13-7-11-18-9-5-6-12-21(18)22/h5-7,9,11-16,23H,2-4,8,10H2,1H3,(H,25,26)/t23-/m0/s1. The molecule has 1 N–H and O–H groups in total. The fraction of sp³-hybridized carbons (Fsp3) is 0.292. The fourth-order valence-electron chi connectivity index (χ4n) is 3.82. The molecule has 0 bridgehead atoms. The van der Waals surface area contributed by atoms with Crippen LogP contribution in [0.2, 0.25) is 0 Å². The maximum atomic E-state index is 12.8. The van der Waals surface area contributed by atoms with Crippen LogP contribution in [0.15, 0.2) is 60.7 Å². The molecule has 3 aromatic rings. The second-order valence-electron chi connectivity index (χ2n) is 7.17.